The number of nitrogens with one attached hydrogen (secondary N) is 2. The summed E-state index contributed by atoms with van der Waals surface area (Å²) in [6.07, 6.45) is 0. The number of methoxy groups -OCH3 is 2. The fraction of sp³-hybridized carbons (Fsp3) is 0.176. The molecule has 2 aromatic rings. The summed E-state index contributed by atoms with van der Waals surface area (Å²) in [6, 6.07) is 8.93. The third-order valence-corrected chi connectivity index (χ3v) is 4.54. The van der Waals surface area contributed by atoms with Gasteiger partial charge in [-0.1, -0.05) is 23.7 Å². The van der Waals surface area contributed by atoms with E-state index in [9.17, 15) is 14.0 Å². The number of thioether (sulfide) groups is 1. The van der Waals surface area contributed by atoms with Gasteiger partial charge in [0.25, 0.3) is 5.91 Å². The average molecular weight is 399 g/mol. The molecule has 2 aromatic carbocycles. The second-order valence-corrected chi connectivity index (χ2v) is 6.34. The summed E-state index contributed by atoms with van der Waals surface area (Å²) in [5, 5.41) is 0.193. The second kappa shape index (κ2) is 9.30. The molecule has 6 nitrogen and oxygen atoms in total. The largest absolute Gasteiger partial charge is 0.493 e. The normalized spacial score (nSPS) is 10.2. The zero-order valence-electron chi connectivity index (χ0n) is 14.0. The molecule has 0 saturated heterocycles. The van der Waals surface area contributed by atoms with Gasteiger partial charge in [0.1, 0.15) is 5.82 Å². The molecule has 2 N–H and O–H groups in total. The molecule has 0 bridgehead atoms. The summed E-state index contributed by atoms with van der Waals surface area (Å²) in [7, 11) is 2.84. The van der Waals surface area contributed by atoms with Crippen LogP contribution in [-0.4, -0.2) is 31.8 Å². The SMILES string of the molecule is COc1cc(C(=O)NNC(=O)CSc2ccccc2F)cc(Cl)c1OC. The minimum atomic E-state index is -0.586. The van der Waals surface area contributed by atoms with E-state index >= 15 is 0 Å². The second-order valence-electron chi connectivity index (χ2n) is 4.91. The van der Waals surface area contributed by atoms with Crippen LogP contribution in [0.15, 0.2) is 41.3 Å². The molecule has 0 aliphatic heterocycles. The number of hydrogen-bond donors (Lipinski definition) is 2. The van der Waals surface area contributed by atoms with Gasteiger partial charge in [0.15, 0.2) is 11.5 Å². The highest BCUT2D eigenvalue weighted by Crippen LogP contribution is 2.35. The number of halogens is 2. The fourth-order valence-electron chi connectivity index (χ4n) is 1.99. The Labute approximate surface area is 159 Å². The minimum absolute atomic E-state index is 0.0616. The molecule has 138 valence electrons. The van der Waals surface area contributed by atoms with Crippen molar-refractivity contribution in [3.05, 3.63) is 52.8 Å². The van der Waals surface area contributed by atoms with E-state index in [2.05, 4.69) is 10.9 Å². The van der Waals surface area contributed by atoms with Crippen molar-refractivity contribution in [3.8, 4) is 11.5 Å². The van der Waals surface area contributed by atoms with Crippen LogP contribution in [0.25, 0.3) is 0 Å². The fourth-order valence-corrected chi connectivity index (χ4v) is 3.02. The number of hydrogen-bond acceptors (Lipinski definition) is 5. The first kappa shape index (κ1) is 19.9. The number of amides is 2. The Balaban J connectivity index is 1.93. The van der Waals surface area contributed by atoms with E-state index in [1.807, 2.05) is 0 Å². The van der Waals surface area contributed by atoms with Crippen LogP contribution in [0.1, 0.15) is 10.4 Å². The Bertz CT molecular complexity index is 819. The Hall–Kier alpha value is -2.45. The van der Waals surface area contributed by atoms with E-state index < -0.39 is 17.6 Å². The van der Waals surface area contributed by atoms with E-state index in [1.165, 1.54) is 32.4 Å². The van der Waals surface area contributed by atoms with E-state index in [0.717, 1.165) is 11.8 Å². The number of carbonyl (C=O) groups is 2. The smallest absolute Gasteiger partial charge is 0.269 e. The molecule has 0 aromatic heterocycles. The van der Waals surface area contributed by atoms with Crippen molar-refractivity contribution in [2.75, 3.05) is 20.0 Å². The van der Waals surface area contributed by atoms with Crippen LogP contribution in [-0.2, 0) is 4.79 Å². The van der Waals surface area contributed by atoms with Crippen LogP contribution in [0.5, 0.6) is 11.5 Å². The molecular formula is C17H16ClFN2O4S. The van der Waals surface area contributed by atoms with Crippen molar-refractivity contribution < 1.29 is 23.5 Å². The number of hydrazine groups is 1. The van der Waals surface area contributed by atoms with Crippen LogP contribution < -0.4 is 20.3 Å². The lowest BCUT2D eigenvalue weighted by molar-refractivity contribution is -0.119. The molecule has 0 aliphatic carbocycles. The van der Waals surface area contributed by atoms with Crippen LogP contribution >= 0.6 is 23.4 Å². The lowest BCUT2D eigenvalue weighted by Crippen LogP contribution is -2.42. The van der Waals surface area contributed by atoms with Gasteiger partial charge in [-0.05, 0) is 24.3 Å². The van der Waals surface area contributed by atoms with E-state index in [1.54, 1.807) is 18.2 Å². The van der Waals surface area contributed by atoms with Gasteiger partial charge >= 0.3 is 0 Å². The Morgan fingerprint density at radius 1 is 1.15 bits per heavy atom. The first-order chi connectivity index (χ1) is 12.5. The van der Waals surface area contributed by atoms with E-state index in [-0.39, 0.29) is 22.1 Å². The molecule has 0 spiro atoms. The van der Waals surface area contributed by atoms with Gasteiger partial charge in [-0.2, -0.15) is 0 Å². The maximum absolute atomic E-state index is 13.5. The molecule has 0 radical (unpaired) electrons. The first-order valence-corrected chi connectivity index (χ1v) is 8.70. The standard InChI is InChI=1S/C17H16ClFN2O4S/c1-24-13-8-10(7-11(18)16(13)25-2)17(23)21-20-15(22)9-26-14-6-4-3-5-12(14)19/h3-8H,9H2,1-2H3,(H,20,22)(H,21,23). The van der Waals surface area contributed by atoms with Crippen LogP contribution in [0.3, 0.4) is 0 Å². The van der Waals surface area contributed by atoms with Crippen molar-refractivity contribution in [2.24, 2.45) is 0 Å². The van der Waals surface area contributed by atoms with Gasteiger partial charge in [-0.3, -0.25) is 20.4 Å². The molecule has 2 rings (SSSR count). The summed E-state index contributed by atoms with van der Waals surface area (Å²) in [5.41, 5.74) is 4.70. The molecule has 0 atom stereocenters. The van der Waals surface area contributed by atoms with Gasteiger partial charge in [0.2, 0.25) is 5.91 Å². The molecule has 0 fully saturated rings. The minimum Gasteiger partial charge on any atom is -0.493 e. The third-order valence-electron chi connectivity index (χ3n) is 3.21. The molecule has 0 unspecified atom stereocenters. The third kappa shape index (κ3) is 5.03. The monoisotopic (exact) mass is 398 g/mol. The zero-order chi connectivity index (χ0) is 19.1. The quantitative estimate of drug-likeness (QED) is 0.577. The van der Waals surface area contributed by atoms with Crippen LogP contribution in [0.2, 0.25) is 5.02 Å². The van der Waals surface area contributed by atoms with Gasteiger partial charge in [-0.25, -0.2) is 4.39 Å². The Morgan fingerprint density at radius 3 is 2.54 bits per heavy atom. The summed E-state index contributed by atoms with van der Waals surface area (Å²) in [6.45, 7) is 0. The topological polar surface area (TPSA) is 76.7 Å². The van der Waals surface area contributed by atoms with Crippen molar-refractivity contribution in [1.82, 2.24) is 10.9 Å². The highest BCUT2D eigenvalue weighted by Gasteiger charge is 2.16. The van der Waals surface area contributed by atoms with Gasteiger partial charge in [-0.15, -0.1) is 11.8 Å². The van der Waals surface area contributed by atoms with E-state index in [0.29, 0.717) is 10.6 Å². The summed E-state index contributed by atoms with van der Waals surface area (Å²) < 4.78 is 23.7. The van der Waals surface area contributed by atoms with Gasteiger partial charge < -0.3 is 9.47 Å². The number of rotatable bonds is 6. The lowest BCUT2D eigenvalue weighted by Gasteiger charge is -2.12. The summed E-state index contributed by atoms with van der Waals surface area (Å²) in [4.78, 5) is 24.3. The highest BCUT2D eigenvalue weighted by atomic mass is 35.5. The molecule has 26 heavy (non-hydrogen) atoms. The average Bonchev–Trinajstić information content (AvgIpc) is 2.64. The summed E-state index contributed by atoms with van der Waals surface area (Å²) >= 11 is 7.06. The van der Waals surface area contributed by atoms with Gasteiger partial charge in [0.05, 0.1) is 25.0 Å². The molecule has 9 heteroatoms. The van der Waals surface area contributed by atoms with Crippen molar-refractivity contribution >= 4 is 35.2 Å². The van der Waals surface area contributed by atoms with Crippen LogP contribution in [0, 0.1) is 5.82 Å². The highest BCUT2D eigenvalue weighted by molar-refractivity contribution is 8.00. The van der Waals surface area contributed by atoms with Crippen molar-refractivity contribution in [3.63, 3.8) is 0 Å². The van der Waals surface area contributed by atoms with Crippen molar-refractivity contribution in [2.45, 2.75) is 4.90 Å². The molecule has 0 aliphatic rings. The van der Waals surface area contributed by atoms with Crippen LogP contribution in [0.4, 0.5) is 4.39 Å². The maximum Gasteiger partial charge on any atom is 0.269 e. The predicted octanol–water partition coefficient (Wildman–Crippen LogP) is 3.05. The molecule has 0 saturated carbocycles. The molecular weight excluding hydrogens is 383 g/mol. The lowest BCUT2D eigenvalue weighted by atomic mass is 10.2. The Morgan fingerprint density at radius 2 is 1.88 bits per heavy atom. The number of benzene rings is 2. The zero-order valence-corrected chi connectivity index (χ0v) is 15.5. The van der Waals surface area contributed by atoms with Crippen molar-refractivity contribution in [1.29, 1.82) is 0 Å². The maximum atomic E-state index is 13.5. The summed E-state index contributed by atoms with van der Waals surface area (Å²) in [5.74, 6) is -0.958. The first-order valence-electron chi connectivity index (χ1n) is 7.34. The molecule has 0 heterocycles. The predicted molar refractivity (Wildman–Crippen MR) is 97.3 cm³/mol. The van der Waals surface area contributed by atoms with E-state index in [4.69, 9.17) is 21.1 Å². The Kier molecular flexibility index (Phi) is 7.11. The number of ether oxygens (including phenoxy) is 2. The van der Waals surface area contributed by atoms with Gasteiger partial charge in [0, 0.05) is 10.5 Å². The number of carbonyl (C=O) groups excluding carboxylic acids is 2. The molecule has 2 amide bonds.